The molecular formula is C11H26N4. The second-order valence-corrected chi connectivity index (χ2v) is 4.21. The van der Waals surface area contributed by atoms with E-state index in [1.807, 2.05) is 13.8 Å². The molecule has 4 nitrogen and oxygen atoms in total. The first-order chi connectivity index (χ1) is 7.29. The standard InChI is InChI=1S/C9H20N4.C2H6/c1-11-2-4-13(5-3-11)9-6-12(7-9)8-10;1-2/h9H,2-8,10H2,1H3;1-2H3. The lowest BCUT2D eigenvalue weighted by Gasteiger charge is -2.47. The van der Waals surface area contributed by atoms with Crippen LogP contribution in [-0.4, -0.2) is 73.7 Å². The molecule has 0 aliphatic carbocycles. The van der Waals surface area contributed by atoms with Crippen molar-refractivity contribution in [1.29, 1.82) is 0 Å². The average Bonchev–Trinajstić information content (AvgIpc) is 2.22. The van der Waals surface area contributed by atoms with Gasteiger partial charge in [0.05, 0.1) is 0 Å². The minimum Gasteiger partial charge on any atom is -0.318 e. The molecule has 2 heterocycles. The molecule has 0 aromatic rings. The van der Waals surface area contributed by atoms with Crippen LogP contribution in [0, 0.1) is 0 Å². The molecule has 2 aliphatic rings. The molecule has 90 valence electrons. The summed E-state index contributed by atoms with van der Waals surface area (Å²) in [5.74, 6) is 0. The van der Waals surface area contributed by atoms with Crippen molar-refractivity contribution in [3.63, 3.8) is 0 Å². The number of rotatable bonds is 2. The Bertz CT molecular complexity index is 160. The highest BCUT2D eigenvalue weighted by atomic mass is 15.4. The van der Waals surface area contributed by atoms with E-state index in [-0.39, 0.29) is 0 Å². The lowest BCUT2D eigenvalue weighted by Crippen LogP contribution is -2.63. The van der Waals surface area contributed by atoms with Gasteiger partial charge < -0.3 is 10.6 Å². The molecule has 2 rings (SSSR count). The van der Waals surface area contributed by atoms with E-state index in [0.717, 1.165) is 12.7 Å². The van der Waals surface area contributed by atoms with Crippen LogP contribution in [0.25, 0.3) is 0 Å². The summed E-state index contributed by atoms with van der Waals surface area (Å²) in [5.41, 5.74) is 5.55. The van der Waals surface area contributed by atoms with E-state index in [4.69, 9.17) is 5.73 Å². The quantitative estimate of drug-likeness (QED) is 0.694. The van der Waals surface area contributed by atoms with Crippen LogP contribution in [0.5, 0.6) is 0 Å². The average molecular weight is 214 g/mol. The number of piperazine rings is 1. The summed E-state index contributed by atoms with van der Waals surface area (Å²) in [5, 5.41) is 0. The van der Waals surface area contributed by atoms with Crippen molar-refractivity contribution >= 4 is 0 Å². The van der Waals surface area contributed by atoms with Gasteiger partial charge in [-0.15, -0.1) is 0 Å². The second kappa shape index (κ2) is 6.43. The van der Waals surface area contributed by atoms with E-state index < -0.39 is 0 Å². The van der Waals surface area contributed by atoms with Crippen LogP contribution < -0.4 is 5.73 Å². The van der Waals surface area contributed by atoms with Gasteiger partial charge in [-0.1, -0.05) is 13.8 Å². The number of likely N-dealkylation sites (tertiary alicyclic amines) is 1. The Morgan fingerprint density at radius 1 is 1.07 bits per heavy atom. The summed E-state index contributed by atoms with van der Waals surface area (Å²) in [6.45, 7) is 12.0. The Hall–Kier alpha value is -0.160. The van der Waals surface area contributed by atoms with E-state index in [0.29, 0.717) is 0 Å². The maximum atomic E-state index is 5.55. The number of hydrogen-bond acceptors (Lipinski definition) is 4. The minimum atomic E-state index is 0.726. The lowest BCUT2D eigenvalue weighted by atomic mass is 10.1. The SMILES string of the molecule is CC.CN1CCN(C2CN(CN)C2)CC1. The maximum Gasteiger partial charge on any atom is 0.0456 e. The summed E-state index contributed by atoms with van der Waals surface area (Å²) in [6.07, 6.45) is 0. The molecule has 0 amide bonds. The van der Waals surface area contributed by atoms with Crippen molar-refractivity contribution in [1.82, 2.24) is 14.7 Å². The number of hydrogen-bond donors (Lipinski definition) is 1. The third-order valence-electron chi connectivity index (χ3n) is 3.25. The number of nitrogens with zero attached hydrogens (tertiary/aromatic N) is 3. The first-order valence-electron chi connectivity index (χ1n) is 6.14. The van der Waals surface area contributed by atoms with Gasteiger partial charge in [0.15, 0.2) is 0 Å². The summed E-state index contributed by atoms with van der Waals surface area (Å²) < 4.78 is 0. The van der Waals surface area contributed by atoms with E-state index in [2.05, 4.69) is 21.7 Å². The van der Waals surface area contributed by atoms with Crippen LogP contribution in [0.4, 0.5) is 0 Å². The molecule has 0 radical (unpaired) electrons. The summed E-state index contributed by atoms with van der Waals surface area (Å²) in [4.78, 5) is 7.30. The zero-order chi connectivity index (χ0) is 11.3. The molecule has 2 fully saturated rings. The van der Waals surface area contributed by atoms with Crippen molar-refractivity contribution < 1.29 is 0 Å². The fourth-order valence-electron chi connectivity index (χ4n) is 2.11. The lowest BCUT2D eigenvalue weighted by molar-refractivity contribution is 0.0110. The number of nitrogens with two attached hydrogens (primary N) is 1. The predicted molar refractivity (Wildman–Crippen MR) is 64.8 cm³/mol. The highest BCUT2D eigenvalue weighted by Crippen LogP contribution is 2.14. The third-order valence-corrected chi connectivity index (χ3v) is 3.25. The molecule has 0 spiro atoms. The maximum absolute atomic E-state index is 5.55. The highest BCUT2D eigenvalue weighted by molar-refractivity contribution is 4.89. The molecule has 2 aliphatic heterocycles. The molecule has 0 aromatic heterocycles. The van der Waals surface area contributed by atoms with E-state index in [9.17, 15) is 0 Å². The van der Waals surface area contributed by atoms with Crippen molar-refractivity contribution in [2.75, 3.05) is 53.0 Å². The first kappa shape index (κ1) is 12.9. The van der Waals surface area contributed by atoms with Crippen LogP contribution >= 0.6 is 0 Å². The van der Waals surface area contributed by atoms with Gasteiger partial charge in [-0.25, -0.2) is 0 Å². The Labute approximate surface area is 94.0 Å². The smallest absolute Gasteiger partial charge is 0.0456 e. The van der Waals surface area contributed by atoms with Crippen LogP contribution in [0.3, 0.4) is 0 Å². The zero-order valence-corrected chi connectivity index (χ0v) is 10.4. The topological polar surface area (TPSA) is 35.7 Å². The molecule has 0 atom stereocenters. The Kier molecular flexibility index (Phi) is 5.53. The van der Waals surface area contributed by atoms with Gasteiger partial charge in [0.2, 0.25) is 0 Å². The Morgan fingerprint density at radius 2 is 1.60 bits per heavy atom. The van der Waals surface area contributed by atoms with Gasteiger partial charge in [-0.2, -0.15) is 0 Å². The largest absolute Gasteiger partial charge is 0.318 e. The van der Waals surface area contributed by atoms with Crippen LogP contribution in [-0.2, 0) is 0 Å². The second-order valence-electron chi connectivity index (χ2n) is 4.21. The number of likely N-dealkylation sites (N-methyl/N-ethyl adjacent to an activating group) is 1. The fourth-order valence-corrected chi connectivity index (χ4v) is 2.11. The molecular weight excluding hydrogens is 188 g/mol. The third kappa shape index (κ3) is 3.41. The minimum absolute atomic E-state index is 0.726. The highest BCUT2D eigenvalue weighted by Gasteiger charge is 2.31. The van der Waals surface area contributed by atoms with Crippen LogP contribution in [0.2, 0.25) is 0 Å². The fraction of sp³-hybridized carbons (Fsp3) is 1.00. The first-order valence-corrected chi connectivity index (χ1v) is 6.14. The van der Waals surface area contributed by atoms with Crippen molar-refractivity contribution in [2.24, 2.45) is 5.73 Å². The van der Waals surface area contributed by atoms with Crippen molar-refractivity contribution in [3.8, 4) is 0 Å². The van der Waals surface area contributed by atoms with E-state index in [1.165, 1.54) is 39.3 Å². The normalized spacial score (nSPS) is 25.6. The van der Waals surface area contributed by atoms with Crippen LogP contribution in [0.15, 0.2) is 0 Å². The molecule has 4 heteroatoms. The van der Waals surface area contributed by atoms with Gasteiger partial charge in [-0.3, -0.25) is 9.80 Å². The molecule has 2 N–H and O–H groups in total. The van der Waals surface area contributed by atoms with Crippen molar-refractivity contribution in [3.05, 3.63) is 0 Å². The molecule has 0 saturated carbocycles. The Balaban J connectivity index is 0.000000531. The predicted octanol–water partition coefficient (Wildman–Crippen LogP) is -0.140. The van der Waals surface area contributed by atoms with Gasteiger partial charge in [0, 0.05) is 52.0 Å². The van der Waals surface area contributed by atoms with Crippen LogP contribution in [0.1, 0.15) is 13.8 Å². The van der Waals surface area contributed by atoms with Gasteiger partial charge >= 0.3 is 0 Å². The van der Waals surface area contributed by atoms with Gasteiger partial charge in [-0.05, 0) is 7.05 Å². The van der Waals surface area contributed by atoms with Crippen molar-refractivity contribution in [2.45, 2.75) is 19.9 Å². The molecule has 0 aromatic carbocycles. The molecule has 0 unspecified atom stereocenters. The Morgan fingerprint density at radius 3 is 2.07 bits per heavy atom. The van der Waals surface area contributed by atoms with Gasteiger partial charge in [0.1, 0.15) is 0 Å². The molecule has 0 bridgehead atoms. The van der Waals surface area contributed by atoms with Gasteiger partial charge in [0.25, 0.3) is 0 Å². The summed E-state index contributed by atoms with van der Waals surface area (Å²) in [7, 11) is 2.20. The zero-order valence-electron chi connectivity index (χ0n) is 10.4. The molecule has 15 heavy (non-hydrogen) atoms. The van der Waals surface area contributed by atoms with E-state index >= 15 is 0 Å². The summed E-state index contributed by atoms with van der Waals surface area (Å²) >= 11 is 0. The monoisotopic (exact) mass is 214 g/mol. The molecule has 2 saturated heterocycles. The van der Waals surface area contributed by atoms with E-state index in [1.54, 1.807) is 0 Å². The summed E-state index contributed by atoms with van der Waals surface area (Å²) in [6, 6.07) is 0.789.